The summed E-state index contributed by atoms with van der Waals surface area (Å²) >= 11 is 6.39. The van der Waals surface area contributed by atoms with Gasteiger partial charge in [0.25, 0.3) is 11.8 Å². The summed E-state index contributed by atoms with van der Waals surface area (Å²) in [5.74, 6) is -7.68. The van der Waals surface area contributed by atoms with Crippen molar-refractivity contribution in [3.8, 4) is 5.75 Å². The lowest BCUT2D eigenvalue weighted by Gasteiger charge is -2.29. The number of esters is 2. The Morgan fingerprint density at radius 3 is 2.03 bits per heavy atom. The molecule has 2 saturated heterocycles. The Balaban J connectivity index is 1.15. The normalized spacial score (nSPS) is 20.7. The van der Waals surface area contributed by atoms with Crippen molar-refractivity contribution < 1.29 is 95.5 Å². The molecule has 5 N–H and O–H groups in total. The third-order valence-electron chi connectivity index (χ3n) is 15.5. The van der Waals surface area contributed by atoms with Gasteiger partial charge in [0.1, 0.15) is 36.1 Å². The molecular formula is C65H92ClN7O20. The molecule has 3 aliphatic rings. The van der Waals surface area contributed by atoms with Gasteiger partial charge in [-0.1, -0.05) is 82.6 Å². The molecule has 2 fully saturated rings. The van der Waals surface area contributed by atoms with Crippen molar-refractivity contribution in [1.82, 2.24) is 36.5 Å². The summed E-state index contributed by atoms with van der Waals surface area (Å²) in [6, 6.07) is 9.09. The van der Waals surface area contributed by atoms with Crippen LogP contribution in [0.25, 0.3) is 0 Å². The van der Waals surface area contributed by atoms with Crippen LogP contribution in [0.2, 0.25) is 5.02 Å². The lowest BCUT2D eigenvalue weighted by Crippen LogP contribution is -2.54. The van der Waals surface area contributed by atoms with Crippen molar-refractivity contribution >= 4 is 76.8 Å². The van der Waals surface area contributed by atoms with E-state index in [1.54, 1.807) is 71.2 Å². The van der Waals surface area contributed by atoms with Gasteiger partial charge in [0.05, 0.1) is 82.7 Å². The first kappa shape index (κ1) is 76.2. The minimum absolute atomic E-state index is 0.00421. The van der Waals surface area contributed by atoms with Gasteiger partial charge >= 0.3 is 17.9 Å². The van der Waals surface area contributed by atoms with Crippen molar-refractivity contribution in [3.63, 3.8) is 0 Å². The maximum Gasteiger partial charge on any atom is 0.347 e. The van der Waals surface area contributed by atoms with Gasteiger partial charge in [-0.05, 0) is 73.9 Å². The van der Waals surface area contributed by atoms with E-state index < -0.39 is 131 Å². The van der Waals surface area contributed by atoms with E-state index >= 15 is 0 Å². The zero-order valence-corrected chi connectivity index (χ0v) is 55.6. The molecule has 5 rings (SSSR count). The number of carbonyl (C=O) groups is 11. The molecule has 8 atom stereocenters. The fourth-order valence-electron chi connectivity index (χ4n) is 9.77. The molecule has 0 aliphatic carbocycles. The number of ether oxygens (including phenoxy) is 8. The Kier molecular flexibility index (Phi) is 31.1. The number of benzene rings is 2. The Bertz CT molecular complexity index is 2910. The zero-order valence-electron chi connectivity index (χ0n) is 54.8. The highest BCUT2D eigenvalue weighted by atomic mass is 35.5. The first-order chi connectivity index (χ1) is 44.2. The van der Waals surface area contributed by atoms with Crippen LogP contribution in [0.4, 0.5) is 0 Å². The summed E-state index contributed by atoms with van der Waals surface area (Å²) in [5, 5.41) is 14.4. The van der Waals surface area contributed by atoms with Crippen LogP contribution in [-0.2, 0) is 104 Å². The van der Waals surface area contributed by atoms with Gasteiger partial charge < -0.3 is 74.2 Å². The van der Waals surface area contributed by atoms with E-state index in [-0.39, 0.29) is 96.9 Å². The summed E-state index contributed by atoms with van der Waals surface area (Å²) in [7, 11) is 3.05. The fraction of sp³-hybridized carbons (Fsp3) is 0.615. The van der Waals surface area contributed by atoms with Crippen LogP contribution in [0.1, 0.15) is 123 Å². The predicted octanol–water partition coefficient (Wildman–Crippen LogP) is 3.69. The molecule has 2 aromatic rings. The van der Waals surface area contributed by atoms with Crippen molar-refractivity contribution in [2.45, 2.75) is 156 Å². The van der Waals surface area contributed by atoms with Gasteiger partial charge in [-0.2, -0.15) is 0 Å². The summed E-state index contributed by atoms with van der Waals surface area (Å²) < 4.78 is 44.7. The Labute approximate surface area is 547 Å². The van der Waals surface area contributed by atoms with Gasteiger partial charge in [0, 0.05) is 71.3 Å². The maximum absolute atomic E-state index is 14.0. The minimum atomic E-state index is -1.30. The highest BCUT2D eigenvalue weighted by molar-refractivity contribution is 6.32. The van der Waals surface area contributed by atoms with Crippen LogP contribution in [0.3, 0.4) is 0 Å². The number of carbonyl (C=O) groups excluding carboxylic acids is 11. The Hall–Kier alpha value is -7.56. The molecule has 8 amide bonds. The quantitative estimate of drug-likeness (QED) is 0.0289. The number of epoxide rings is 1. The largest absolute Gasteiger partial charge is 0.495 e. The van der Waals surface area contributed by atoms with E-state index in [0.717, 1.165) is 11.1 Å². The van der Waals surface area contributed by atoms with Crippen LogP contribution in [-0.4, -0.2) is 192 Å². The van der Waals surface area contributed by atoms with E-state index in [1.165, 1.54) is 25.0 Å². The van der Waals surface area contributed by atoms with Gasteiger partial charge in [-0.15, -0.1) is 5.06 Å². The van der Waals surface area contributed by atoms with Gasteiger partial charge in [-0.25, -0.2) is 9.59 Å². The molecule has 3 aliphatic heterocycles. The average Bonchev–Trinajstić information content (AvgIpc) is 1.64. The molecule has 27 nitrogen and oxygen atoms in total. The standard InChI is InChI=1S/C65H92ClN7O20/c1-39(2)34-50-63(83)90-48(12-11-13-51(74)70-47(36-44-16-19-49(86-10)46(66)35-44)61(81)68-38-65(7,8)64(84)91-50)41(5)58-59(92-58)45-17-14-43(15-18-45)37-67-60(80)42(6)69-62(82)57(40(3)4)71-52(75)22-25-72(26-23-56(79)93-73-54(77)20-21-55(73)78)53(76)24-27-87-30-31-89-33-32-88-29-28-85-9/h11,13-19,35,39-42,47-48,50,57-59H,12,20-34,36-38H2,1-10H3,(H,67,80)(H,68,81)(H,69,82)(H,70,74)(H,71,75)/b13-11+/t41-,42-,47-,48-,50-,57-,58+,59+/m0/s1. The molecule has 28 heteroatoms. The van der Waals surface area contributed by atoms with Crippen LogP contribution < -0.4 is 31.3 Å². The number of nitrogens with zero attached hydrogens (tertiary/aromatic N) is 2. The second-order valence-corrected chi connectivity index (χ2v) is 24.7. The molecule has 93 heavy (non-hydrogen) atoms. The molecule has 0 radical (unpaired) electrons. The Morgan fingerprint density at radius 2 is 1.41 bits per heavy atom. The molecule has 0 spiro atoms. The molecule has 0 saturated carbocycles. The first-order valence-corrected chi connectivity index (χ1v) is 31.8. The third-order valence-corrected chi connectivity index (χ3v) is 15.7. The smallest absolute Gasteiger partial charge is 0.347 e. The van der Waals surface area contributed by atoms with Crippen LogP contribution in [0.5, 0.6) is 5.75 Å². The SMILES string of the molecule is COCCOCCOCCOCCC(=O)N(CCC(=O)N[C@H](C(=O)N[C@@H](C)C(=O)NCc1ccc([C@H]2O[C@@H]2[C@@H](C)[C@@H]2C/C=C/C(=O)N[C@@H](Cc3ccc(OC)c(Cl)c3)C(=O)NCC(C)(C)C(=O)O[C@@H](CC(C)C)C(=O)O2)cc1)C(C)C)CCC(=O)ON1C(=O)CCC1=O. The highest BCUT2D eigenvalue weighted by Crippen LogP contribution is 2.45. The van der Waals surface area contributed by atoms with Crippen molar-refractivity contribution in [2.75, 3.05) is 80.1 Å². The molecule has 2 aromatic carbocycles. The van der Waals surface area contributed by atoms with Crippen molar-refractivity contribution in [1.29, 1.82) is 0 Å². The minimum Gasteiger partial charge on any atom is -0.495 e. The van der Waals surface area contributed by atoms with E-state index in [0.29, 0.717) is 47.8 Å². The molecule has 0 aromatic heterocycles. The number of nitrogens with one attached hydrogen (secondary N) is 5. The predicted molar refractivity (Wildman–Crippen MR) is 335 cm³/mol. The monoisotopic (exact) mass is 1330 g/mol. The van der Waals surface area contributed by atoms with Crippen molar-refractivity contribution in [3.05, 3.63) is 76.3 Å². The zero-order chi connectivity index (χ0) is 68.4. The lowest BCUT2D eigenvalue weighted by atomic mass is 9.92. The fourth-order valence-corrected chi connectivity index (χ4v) is 10.1. The molecule has 0 bridgehead atoms. The molecular weight excluding hydrogens is 1230 g/mol. The second-order valence-electron chi connectivity index (χ2n) is 24.3. The second kappa shape index (κ2) is 38.0. The number of halogens is 1. The van der Waals surface area contributed by atoms with Gasteiger partial charge in [-0.3, -0.25) is 43.2 Å². The first-order valence-electron chi connectivity index (χ1n) is 31.4. The number of imide groups is 1. The van der Waals surface area contributed by atoms with Crippen molar-refractivity contribution in [2.24, 2.45) is 23.2 Å². The van der Waals surface area contributed by atoms with E-state index in [2.05, 4.69) is 26.6 Å². The highest BCUT2D eigenvalue weighted by Gasteiger charge is 2.48. The van der Waals surface area contributed by atoms with E-state index in [1.807, 2.05) is 32.9 Å². The number of amides is 8. The molecule has 0 unspecified atom stereocenters. The average molecular weight is 1330 g/mol. The molecule has 514 valence electrons. The number of methoxy groups -OCH3 is 2. The number of rotatable bonds is 34. The number of hydrogen-bond acceptors (Lipinski definition) is 20. The summed E-state index contributed by atoms with van der Waals surface area (Å²) in [5.41, 5.74) is 0.849. The summed E-state index contributed by atoms with van der Waals surface area (Å²) in [4.78, 5) is 152. The van der Waals surface area contributed by atoms with E-state index in [9.17, 15) is 52.7 Å². The summed E-state index contributed by atoms with van der Waals surface area (Å²) in [6.07, 6.45) is -0.922. The van der Waals surface area contributed by atoms with Crippen LogP contribution >= 0.6 is 11.6 Å². The van der Waals surface area contributed by atoms with Crippen LogP contribution in [0, 0.1) is 23.2 Å². The summed E-state index contributed by atoms with van der Waals surface area (Å²) in [6.45, 7) is 15.2. The van der Waals surface area contributed by atoms with Gasteiger partial charge in [0.15, 0.2) is 6.10 Å². The third kappa shape index (κ3) is 25.4. The van der Waals surface area contributed by atoms with Crippen LogP contribution in [0.15, 0.2) is 54.6 Å². The number of cyclic esters (lactones) is 2. The maximum atomic E-state index is 14.0. The van der Waals surface area contributed by atoms with Gasteiger partial charge in [0.2, 0.25) is 35.4 Å². The van der Waals surface area contributed by atoms with E-state index in [4.69, 9.17) is 54.3 Å². The number of hydrogen-bond donors (Lipinski definition) is 5. The topological polar surface area (TPSA) is 341 Å². The molecule has 3 heterocycles. The number of hydroxylamine groups is 2. The Morgan fingerprint density at radius 1 is 0.774 bits per heavy atom. The lowest BCUT2D eigenvalue weighted by molar-refractivity contribution is -0.197.